The predicted molar refractivity (Wildman–Crippen MR) is 79.3 cm³/mol. The van der Waals surface area contributed by atoms with Gasteiger partial charge in [0.1, 0.15) is 5.75 Å². The first kappa shape index (κ1) is 15.6. The van der Waals surface area contributed by atoms with Crippen molar-refractivity contribution in [1.29, 1.82) is 0 Å². The molecule has 0 saturated carbocycles. The van der Waals surface area contributed by atoms with Gasteiger partial charge in [0.25, 0.3) is 5.91 Å². The molecule has 1 rings (SSSR count). The number of nitrogens with zero attached hydrogens (tertiary/aromatic N) is 1. The molecule has 0 radical (unpaired) electrons. The van der Waals surface area contributed by atoms with Crippen molar-refractivity contribution in [2.75, 3.05) is 13.2 Å². The zero-order valence-corrected chi connectivity index (χ0v) is 11.6. The van der Waals surface area contributed by atoms with E-state index >= 15 is 0 Å². The summed E-state index contributed by atoms with van der Waals surface area (Å²) in [6.07, 6.45) is 0. The van der Waals surface area contributed by atoms with Crippen LogP contribution in [0.4, 0.5) is 0 Å². The molecule has 0 heterocycles. The Hall–Kier alpha value is -2.50. The number of guanidine groups is 1. The number of nitrogens with one attached hydrogen (secondary N) is 1. The molecule has 0 spiro atoms. The first-order chi connectivity index (χ1) is 9.47. The third-order valence-electron chi connectivity index (χ3n) is 2.28. The van der Waals surface area contributed by atoms with Crippen LogP contribution in [0.3, 0.4) is 0 Å². The van der Waals surface area contributed by atoms with Crippen molar-refractivity contribution in [1.82, 2.24) is 5.32 Å². The van der Waals surface area contributed by atoms with Gasteiger partial charge in [0.2, 0.25) is 0 Å². The number of rotatable bonds is 7. The van der Waals surface area contributed by atoms with Crippen molar-refractivity contribution in [3.05, 3.63) is 42.0 Å². The van der Waals surface area contributed by atoms with Crippen LogP contribution in [0.1, 0.15) is 12.5 Å². The highest BCUT2D eigenvalue weighted by Gasteiger charge is 1.99. The molecule has 0 saturated heterocycles. The number of hydrogen-bond donors (Lipinski definition) is 3. The molecule has 0 atom stereocenters. The van der Waals surface area contributed by atoms with Crippen LogP contribution in [0, 0.1) is 0 Å². The zero-order valence-electron chi connectivity index (χ0n) is 11.6. The van der Waals surface area contributed by atoms with E-state index in [-0.39, 0.29) is 6.61 Å². The first-order valence-corrected chi connectivity index (χ1v) is 6.15. The predicted octanol–water partition coefficient (Wildman–Crippen LogP) is 0.531. The molecule has 1 aromatic carbocycles. The van der Waals surface area contributed by atoms with Crippen LogP contribution in [-0.4, -0.2) is 25.0 Å². The molecule has 0 aliphatic heterocycles. The SMILES string of the molecule is C=C(C)CNC(N)=NCc1cccc(OCC(N)=O)c1. The molecule has 0 fully saturated rings. The average Bonchev–Trinajstić information content (AvgIpc) is 2.41. The maximum absolute atomic E-state index is 10.6. The number of hydrogen-bond acceptors (Lipinski definition) is 3. The second-order valence-corrected chi connectivity index (χ2v) is 4.41. The maximum Gasteiger partial charge on any atom is 0.255 e. The normalized spacial score (nSPS) is 10.9. The van der Waals surface area contributed by atoms with E-state index in [0.717, 1.165) is 11.1 Å². The van der Waals surface area contributed by atoms with Crippen molar-refractivity contribution in [2.24, 2.45) is 16.5 Å². The molecular formula is C14H20N4O2. The van der Waals surface area contributed by atoms with Gasteiger partial charge in [0, 0.05) is 6.54 Å². The fourth-order valence-electron chi connectivity index (χ4n) is 1.36. The molecular weight excluding hydrogens is 256 g/mol. The summed E-state index contributed by atoms with van der Waals surface area (Å²) >= 11 is 0. The molecule has 1 amide bonds. The van der Waals surface area contributed by atoms with Gasteiger partial charge in [0.15, 0.2) is 12.6 Å². The lowest BCUT2D eigenvalue weighted by Crippen LogP contribution is -2.32. The molecule has 1 aromatic rings. The van der Waals surface area contributed by atoms with Gasteiger partial charge < -0.3 is 21.5 Å². The lowest BCUT2D eigenvalue weighted by Gasteiger charge is -2.07. The van der Waals surface area contributed by atoms with Gasteiger partial charge in [-0.05, 0) is 24.6 Å². The third-order valence-corrected chi connectivity index (χ3v) is 2.28. The summed E-state index contributed by atoms with van der Waals surface area (Å²) in [5.74, 6) is 0.420. The summed E-state index contributed by atoms with van der Waals surface area (Å²) in [5.41, 5.74) is 12.6. The molecule has 0 bridgehead atoms. The van der Waals surface area contributed by atoms with Crippen LogP contribution in [0.25, 0.3) is 0 Å². The van der Waals surface area contributed by atoms with Crippen molar-refractivity contribution < 1.29 is 9.53 Å². The van der Waals surface area contributed by atoms with Crippen LogP contribution < -0.4 is 21.5 Å². The molecule has 6 nitrogen and oxygen atoms in total. The Bertz CT molecular complexity index is 512. The van der Waals surface area contributed by atoms with Gasteiger partial charge >= 0.3 is 0 Å². The summed E-state index contributed by atoms with van der Waals surface area (Å²) in [7, 11) is 0. The third kappa shape index (κ3) is 6.44. The van der Waals surface area contributed by atoms with Crippen LogP contribution in [0.2, 0.25) is 0 Å². The van der Waals surface area contributed by atoms with Crippen LogP contribution in [0.15, 0.2) is 41.4 Å². The maximum atomic E-state index is 10.6. The summed E-state index contributed by atoms with van der Waals surface area (Å²) in [5, 5.41) is 2.94. The largest absolute Gasteiger partial charge is 0.484 e. The van der Waals surface area contributed by atoms with E-state index in [2.05, 4.69) is 16.9 Å². The zero-order chi connectivity index (χ0) is 15.0. The number of primary amides is 1. The fourth-order valence-corrected chi connectivity index (χ4v) is 1.36. The Morgan fingerprint density at radius 2 is 2.20 bits per heavy atom. The van der Waals surface area contributed by atoms with Crippen LogP contribution >= 0.6 is 0 Å². The van der Waals surface area contributed by atoms with Crippen molar-refractivity contribution >= 4 is 11.9 Å². The van der Waals surface area contributed by atoms with Crippen molar-refractivity contribution in [3.8, 4) is 5.75 Å². The minimum Gasteiger partial charge on any atom is -0.484 e. The molecule has 6 heteroatoms. The number of benzene rings is 1. The lowest BCUT2D eigenvalue weighted by atomic mass is 10.2. The van der Waals surface area contributed by atoms with E-state index in [1.807, 2.05) is 19.1 Å². The molecule has 0 aliphatic rings. The van der Waals surface area contributed by atoms with Crippen molar-refractivity contribution in [2.45, 2.75) is 13.5 Å². The topological polar surface area (TPSA) is 103 Å². The molecule has 20 heavy (non-hydrogen) atoms. The minimum absolute atomic E-state index is 0.144. The van der Waals surface area contributed by atoms with Gasteiger partial charge in [-0.1, -0.05) is 24.3 Å². The number of carbonyl (C=O) groups excluding carboxylic acids is 1. The smallest absolute Gasteiger partial charge is 0.255 e. The second kappa shape index (κ2) is 7.83. The quantitative estimate of drug-likeness (QED) is 0.384. The van der Waals surface area contributed by atoms with Gasteiger partial charge in [-0.2, -0.15) is 0 Å². The van der Waals surface area contributed by atoms with Gasteiger partial charge in [-0.25, -0.2) is 4.99 Å². The summed E-state index contributed by atoms with van der Waals surface area (Å²) in [6, 6.07) is 7.25. The van der Waals surface area contributed by atoms with E-state index in [1.54, 1.807) is 12.1 Å². The van der Waals surface area contributed by atoms with E-state index in [9.17, 15) is 4.79 Å². The molecule has 5 N–H and O–H groups in total. The Morgan fingerprint density at radius 3 is 2.85 bits per heavy atom. The first-order valence-electron chi connectivity index (χ1n) is 6.15. The Labute approximate surface area is 118 Å². The number of carbonyl (C=O) groups is 1. The molecule has 0 aliphatic carbocycles. The highest BCUT2D eigenvalue weighted by Crippen LogP contribution is 2.13. The Morgan fingerprint density at radius 1 is 1.45 bits per heavy atom. The minimum atomic E-state index is -0.512. The van der Waals surface area contributed by atoms with E-state index in [4.69, 9.17) is 16.2 Å². The van der Waals surface area contributed by atoms with E-state index in [1.165, 1.54) is 0 Å². The highest BCUT2D eigenvalue weighted by molar-refractivity contribution is 5.78. The van der Waals surface area contributed by atoms with Crippen LogP contribution in [0.5, 0.6) is 5.75 Å². The number of aliphatic imine (C=N–C) groups is 1. The van der Waals surface area contributed by atoms with Crippen LogP contribution in [-0.2, 0) is 11.3 Å². The molecule has 0 aromatic heterocycles. The highest BCUT2D eigenvalue weighted by atomic mass is 16.5. The lowest BCUT2D eigenvalue weighted by molar-refractivity contribution is -0.119. The Kier molecular flexibility index (Phi) is 6.09. The standard InChI is InChI=1S/C14H20N4O2/c1-10(2)7-17-14(16)18-8-11-4-3-5-12(6-11)20-9-13(15)19/h3-6H,1,7-9H2,2H3,(H2,15,19)(H3,16,17,18). The number of nitrogens with two attached hydrogens (primary N) is 2. The number of amides is 1. The summed E-state index contributed by atoms with van der Waals surface area (Å²) < 4.78 is 5.21. The second-order valence-electron chi connectivity index (χ2n) is 4.41. The summed E-state index contributed by atoms with van der Waals surface area (Å²) in [6.45, 7) is 6.54. The summed E-state index contributed by atoms with van der Waals surface area (Å²) in [4.78, 5) is 14.8. The van der Waals surface area contributed by atoms with Gasteiger partial charge in [-0.15, -0.1) is 0 Å². The Balaban J connectivity index is 2.55. The fraction of sp³-hybridized carbons (Fsp3) is 0.286. The average molecular weight is 276 g/mol. The van der Waals surface area contributed by atoms with E-state index < -0.39 is 5.91 Å². The van der Waals surface area contributed by atoms with Gasteiger partial charge in [-0.3, -0.25) is 4.79 Å². The van der Waals surface area contributed by atoms with E-state index in [0.29, 0.717) is 24.8 Å². The van der Waals surface area contributed by atoms with Gasteiger partial charge in [0.05, 0.1) is 6.54 Å². The molecule has 108 valence electrons. The monoisotopic (exact) mass is 276 g/mol. The van der Waals surface area contributed by atoms with Crippen molar-refractivity contribution in [3.63, 3.8) is 0 Å². The molecule has 0 unspecified atom stereocenters. The number of ether oxygens (including phenoxy) is 1.